The number of benzene rings is 1. The zero-order valence-corrected chi connectivity index (χ0v) is 11.0. The third kappa shape index (κ3) is 2.69. The average molecular weight is 277 g/mol. The van der Waals surface area contributed by atoms with E-state index in [1.54, 1.807) is 6.92 Å². The molecule has 9 nitrogen and oxygen atoms in total. The third-order valence-corrected chi connectivity index (χ3v) is 2.32. The lowest BCUT2D eigenvalue weighted by atomic mass is 10.1. The normalized spacial score (nSPS) is 12.2. The van der Waals surface area contributed by atoms with Gasteiger partial charge in [-0.15, -0.1) is 11.2 Å². The van der Waals surface area contributed by atoms with Crippen LogP contribution < -0.4 is 21.7 Å². The first-order chi connectivity index (χ1) is 9.51. The molecule has 0 saturated carbocycles. The highest BCUT2D eigenvalue weighted by Gasteiger charge is 2.24. The number of nitrogens with two attached hydrogens (primary N) is 2. The van der Waals surface area contributed by atoms with Gasteiger partial charge in [0.15, 0.2) is 0 Å². The zero-order valence-electron chi connectivity index (χ0n) is 11.0. The molecular weight excluding hydrogens is 262 g/mol. The summed E-state index contributed by atoms with van der Waals surface area (Å²) in [7, 11) is 0. The molecule has 1 unspecified atom stereocenters. The Morgan fingerprint density at radius 1 is 1.10 bits per heavy atom. The molecule has 0 spiro atoms. The molecule has 1 aromatic rings. The molecule has 0 fully saturated rings. The minimum Gasteiger partial charge on any atom is -0.570 e. The van der Waals surface area contributed by atoms with Crippen LogP contribution in [0.1, 0.15) is 6.92 Å². The molecule has 0 aromatic heterocycles. The fourth-order valence-corrected chi connectivity index (χ4v) is 1.61. The number of nitrogens with zero attached hydrogens (tertiary/aromatic N) is 4. The maximum Gasteiger partial charge on any atom is 0.248 e. The van der Waals surface area contributed by atoms with Crippen LogP contribution in [0.2, 0.25) is 0 Å². The molecule has 1 rings (SSSR count). The van der Waals surface area contributed by atoms with Crippen molar-refractivity contribution in [2.75, 3.05) is 5.73 Å². The van der Waals surface area contributed by atoms with E-state index in [0.29, 0.717) is 0 Å². The lowest BCUT2D eigenvalue weighted by Gasteiger charge is -2.19. The molecule has 106 valence electrons. The van der Waals surface area contributed by atoms with E-state index in [9.17, 15) is 5.21 Å². The van der Waals surface area contributed by atoms with Gasteiger partial charge in [-0.1, -0.05) is 0 Å². The van der Waals surface area contributed by atoms with Crippen molar-refractivity contribution in [3.05, 3.63) is 5.21 Å². The average Bonchev–Trinajstić information content (AvgIpc) is 2.41. The molecule has 1 aromatic carbocycles. The first kappa shape index (κ1) is 15.4. The third-order valence-electron chi connectivity index (χ3n) is 2.32. The lowest BCUT2D eigenvalue weighted by Crippen LogP contribution is -3.15. The quantitative estimate of drug-likeness (QED) is 0.302. The van der Waals surface area contributed by atoms with Crippen LogP contribution in [0.5, 0.6) is 5.75 Å². The Balaban J connectivity index is 3.86. The summed E-state index contributed by atoms with van der Waals surface area (Å²) in [6, 6.07) is 0. The van der Waals surface area contributed by atoms with Crippen molar-refractivity contribution in [2.45, 2.75) is 6.92 Å². The molecule has 0 aliphatic heterocycles. The fourth-order valence-electron chi connectivity index (χ4n) is 1.61. The van der Waals surface area contributed by atoms with E-state index in [0.717, 1.165) is 0 Å². The summed E-state index contributed by atoms with van der Waals surface area (Å²) in [6.45, 7) is 11.9. The molecule has 0 aliphatic rings. The summed E-state index contributed by atoms with van der Waals surface area (Å²) in [5.41, 5.74) is 6.65. The Labute approximate surface area is 115 Å². The lowest BCUT2D eigenvalue weighted by molar-refractivity contribution is -1.03. The van der Waals surface area contributed by atoms with Gasteiger partial charge >= 0.3 is 0 Å². The van der Waals surface area contributed by atoms with Gasteiger partial charge < -0.3 is 10.9 Å². The summed E-state index contributed by atoms with van der Waals surface area (Å²) in [5, 5.41) is 9.98. The summed E-state index contributed by atoms with van der Waals surface area (Å²) in [6.07, 6.45) is 1.47. The van der Waals surface area contributed by atoms with Crippen LogP contribution in [0.15, 0.2) is 20.0 Å². The van der Waals surface area contributed by atoms with Gasteiger partial charge in [-0.2, -0.15) is 0 Å². The topological polar surface area (TPSA) is 138 Å². The Bertz CT molecular complexity index is 581. The van der Waals surface area contributed by atoms with Gasteiger partial charge in [-0.3, -0.25) is 24.8 Å². The number of nitrogen functional groups attached to an aromatic ring is 1. The first-order valence-corrected chi connectivity index (χ1v) is 5.37. The van der Waals surface area contributed by atoms with Gasteiger partial charge in [-0.25, -0.2) is 0 Å². The number of aliphatic imine (C=N–C) groups is 4. The van der Waals surface area contributed by atoms with Crippen LogP contribution in [-0.4, -0.2) is 26.4 Å². The van der Waals surface area contributed by atoms with E-state index < -0.39 is 5.34 Å². The van der Waals surface area contributed by atoms with Gasteiger partial charge in [0, 0.05) is 6.21 Å². The van der Waals surface area contributed by atoms with Crippen molar-refractivity contribution in [1.82, 2.24) is 0 Å². The highest BCUT2D eigenvalue weighted by molar-refractivity contribution is 5.99. The first-order valence-electron chi connectivity index (χ1n) is 5.37. The monoisotopic (exact) mass is 277 g/mol. The van der Waals surface area contributed by atoms with Gasteiger partial charge in [0.1, 0.15) is 22.7 Å². The molecule has 0 aliphatic carbocycles. The molecule has 0 saturated heterocycles. The van der Waals surface area contributed by atoms with Crippen molar-refractivity contribution in [3.8, 4) is 5.75 Å². The number of nitrogens with one attached hydrogen (secondary N) is 1. The fraction of sp³-hybridized carbons (Fsp3) is 0.0909. The van der Waals surface area contributed by atoms with Crippen LogP contribution in [0.4, 0.5) is 28.4 Å². The second-order valence-corrected chi connectivity index (χ2v) is 3.42. The van der Waals surface area contributed by atoms with Crippen LogP contribution in [-0.2, 0) is 0 Å². The second-order valence-electron chi connectivity index (χ2n) is 3.42. The van der Waals surface area contributed by atoms with E-state index in [2.05, 4.69) is 40.1 Å². The second kappa shape index (κ2) is 6.52. The molecule has 9 heteroatoms. The van der Waals surface area contributed by atoms with Gasteiger partial charge in [0.05, 0.1) is 5.69 Å². The van der Waals surface area contributed by atoms with Crippen molar-refractivity contribution < 1.29 is 10.2 Å². The number of rotatable bonds is 6. The number of anilines is 1. The maximum absolute atomic E-state index is 11.0. The van der Waals surface area contributed by atoms with Crippen molar-refractivity contribution in [2.24, 2.45) is 25.8 Å². The van der Waals surface area contributed by atoms with Crippen molar-refractivity contribution in [1.29, 1.82) is 0 Å². The molecule has 20 heavy (non-hydrogen) atoms. The van der Waals surface area contributed by atoms with Gasteiger partial charge in [-0.05, 0) is 27.1 Å². The predicted molar refractivity (Wildman–Crippen MR) is 81.5 cm³/mol. The Hall–Kier alpha value is -2.62. The van der Waals surface area contributed by atoms with Crippen molar-refractivity contribution in [3.63, 3.8) is 0 Å². The standard InChI is InChI=1S/C11H15N7O2/c1-5-17-10-9(16-4)7(14-2)6(12)8(15-3)11(10)20-18(13)19/h5,18H,2-4,12-13H2,1H3. The van der Waals surface area contributed by atoms with Crippen molar-refractivity contribution >= 4 is 54.8 Å². The van der Waals surface area contributed by atoms with E-state index in [1.165, 1.54) is 6.21 Å². The summed E-state index contributed by atoms with van der Waals surface area (Å²) >= 11 is 0. The number of quaternary nitrogens is 1. The highest BCUT2D eigenvalue weighted by Crippen LogP contribution is 2.54. The Kier molecular flexibility index (Phi) is 5.03. The molecule has 0 amide bonds. The summed E-state index contributed by atoms with van der Waals surface area (Å²) < 4.78 is 0. The van der Waals surface area contributed by atoms with Crippen LogP contribution in [0.3, 0.4) is 0 Å². The minimum absolute atomic E-state index is 0.0575. The van der Waals surface area contributed by atoms with E-state index in [-0.39, 0.29) is 34.2 Å². The molecule has 0 radical (unpaired) electrons. The number of hydrogen-bond donors (Lipinski definition) is 3. The van der Waals surface area contributed by atoms with E-state index in [4.69, 9.17) is 16.4 Å². The molecule has 5 N–H and O–H groups in total. The van der Waals surface area contributed by atoms with Crippen LogP contribution in [0.25, 0.3) is 0 Å². The Morgan fingerprint density at radius 3 is 2.05 bits per heavy atom. The van der Waals surface area contributed by atoms with Crippen LogP contribution in [0, 0.1) is 5.21 Å². The Morgan fingerprint density at radius 2 is 1.65 bits per heavy atom. The predicted octanol–water partition coefficient (Wildman–Crippen LogP) is 0.538. The van der Waals surface area contributed by atoms with Gasteiger partial charge in [0.2, 0.25) is 5.75 Å². The minimum atomic E-state index is -1.05. The molecule has 0 bridgehead atoms. The van der Waals surface area contributed by atoms with Gasteiger partial charge in [0.25, 0.3) is 0 Å². The SMILES string of the molecule is C=Nc1c(N)c(N=C)c(O[NH+](N)[O-])c(N=CC)c1N=C. The molecule has 1 atom stereocenters. The zero-order chi connectivity index (χ0) is 15.3. The van der Waals surface area contributed by atoms with E-state index >= 15 is 0 Å². The molecule has 0 heterocycles. The summed E-state index contributed by atoms with van der Waals surface area (Å²) in [5.74, 6) is 4.97. The summed E-state index contributed by atoms with van der Waals surface area (Å²) in [4.78, 5) is 20.3. The smallest absolute Gasteiger partial charge is 0.248 e. The maximum atomic E-state index is 11.0. The number of hydrogen-bond acceptors (Lipinski definition) is 8. The molecular formula is C11H15N7O2. The van der Waals surface area contributed by atoms with Crippen LogP contribution >= 0.6 is 0 Å². The highest BCUT2D eigenvalue weighted by atomic mass is 16.9. The largest absolute Gasteiger partial charge is 0.570 e. The van der Waals surface area contributed by atoms with E-state index in [1.807, 2.05) is 0 Å².